The van der Waals surface area contributed by atoms with E-state index in [2.05, 4.69) is 11.6 Å². The first kappa shape index (κ1) is 10.3. The molecule has 0 N–H and O–H groups in total. The molecular formula is C14H11NO. The summed E-state index contributed by atoms with van der Waals surface area (Å²) < 4.78 is 0. The van der Waals surface area contributed by atoms with Gasteiger partial charge in [-0.3, -0.25) is 0 Å². The maximum atomic E-state index is 10.4. The van der Waals surface area contributed by atoms with E-state index in [1.165, 1.54) is 0 Å². The molecule has 1 aromatic carbocycles. The summed E-state index contributed by atoms with van der Waals surface area (Å²) in [4.78, 5) is 14.2. The number of aliphatic imine (C=N–C) groups is 1. The molecular weight excluding hydrogens is 198 g/mol. The Bertz CT molecular complexity index is 505. The van der Waals surface area contributed by atoms with Crippen LogP contribution in [-0.4, -0.2) is 12.1 Å². The lowest BCUT2D eigenvalue weighted by Crippen LogP contribution is -2.11. The SMILES string of the molecule is C=C1C=CC=C(c2ccccc2)C1N=C=O. The quantitative estimate of drug-likeness (QED) is 0.544. The standard InChI is InChI=1S/C14H11NO/c1-11-6-5-9-13(14(11)15-10-16)12-7-3-2-4-8-12/h2-9,14H,1H2. The Morgan fingerprint density at radius 1 is 1.25 bits per heavy atom. The van der Waals surface area contributed by atoms with Gasteiger partial charge >= 0.3 is 0 Å². The predicted octanol–water partition coefficient (Wildman–Crippen LogP) is 2.90. The zero-order chi connectivity index (χ0) is 11.4. The molecule has 2 heteroatoms. The van der Waals surface area contributed by atoms with Crippen molar-refractivity contribution in [1.82, 2.24) is 0 Å². The third-order valence-corrected chi connectivity index (χ3v) is 2.52. The highest BCUT2D eigenvalue weighted by molar-refractivity contribution is 5.77. The van der Waals surface area contributed by atoms with E-state index in [0.29, 0.717) is 0 Å². The average Bonchev–Trinajstić information content (AvgIpc) is 2.33. The summed E-state index contributed by atoms with van der Waals surface area (Å²) >= 11 is 0. The highest BCUT2D eigenvalue weighted by Crippen LogP contribution is 2.28. The Morgan fingerprint density at radius 3 is 2.69 bits per heavy atom. The second-order valence-electron chi connectivity index (χ2n) is 3.54. The Hall–Kier alpha value is -2.18. The van der Waals surface area contributed by atoms with Crippen molar-refractivity contribution in [3.05, 3.63) is 66.3 Å². The minimum Gasteiger partial charge on any atom is -0.211 e. The maximum absolute atomic E-state index is 10.4. The van der Waals surface area contributed by atoms with Gasteiger partial charge in [0.1, 0.15) is 6.04 Å². The van der Waals surface area contributed by atoms with Crippen molar-refractivity contribution in [1.29, 1.82) is 0 Å². The van der Waals surface area contributed by atoms with Crippen molar-refractivity contribution >= 4 is 11.7 Å². The van der Waals surface area contributed by atoms with E-state index < -0.39 is 0 Å². The van der Waals surface area contributed by atoms with Crippen LogP contribution in [0.15, 0.2) is 65.7 Å². The van der Waals surface area contributed by atoms with Crippen LogP contribution >= 0.6 is 0 Å². The van der Waals surface area contributed by atoms with Crippen LogP contribution < -0.4 is 0 Å². The van der Waals surface area contributed by atoms with Gasteiger partial charge in [0.2, 0.25) is 6.08 Å². The molecule has 0 aliphatic heterocycles. The molecule has 0 saturated carbocycles. The largest absolute Gasteiger partial charge is 0.235 e. The van der Waals surface area contributed by atoms with Gasteiger partial charge in [0, 0.05) is 0 Å². The van der Waals surface area contributed by atoms with E-state index in [4.69, 9.17) is 0 Å². The Kier molecular flexibility index (Phi) is 2.95. The molecule has 0 fully saturated rings. The van der Waals surface area contributed by atoms with Gasteiger partial charge in [-0.25, -0.2) is 4.79 Å². The fraction of sp³-hybridized carbons (Fsp3) is 0.0714. The average molecular weight is 209 g/mol. The van der Waals surface area contributed by atoms with E-state index in [9.17, 15) is 4.79 Å². The van der Waals surface area contributed by atoms with Gasteiger partial charge in [-0.1, -0.05) is 55.1 Å². The molecule has 0 heterocycles. The van der Waals surface area contributed by atoms with Crippen LogP contribution in [0, 0.1) is 0 Å². The zero-order valence-electron chi connectivity index (χ0n) is 8.76. The molecule has 0 saturated heterocycles. The van der Waals surface area contributed by atoms with Gasteiger partial charge in [0.15, 0.2) is 0 Å². The van der Waals surface area contributed by atoms with Crippen LogP contribution in [-0.2, 0) is 4.79 Å². The second kappa shape index (κ2) is 4.56. The topological polar surface area (TPSA) is 29.4 Å². The lowest BCUT2D eigenvalue weighted by molar-refractivity contribution is 0.562. The molecule has 1 aliphatic rings. The monoisotopic (exact) mass is 209 g/mol. The molecule has 78 valence electrons. The summed E-state index contributed by atoms with van der Waals surface area (Å²) in [5.41, 5.74) is 2.85. The summed E-state index contributed by atoms with van der Waals surface area (Å²) in [5.74, 6) is 0. The fourth-order valence-corrected chi connectivity index (χ4v) is 1.75. The lowest BCUT2D eigenvalue weighted by atomic mass is 9.90. The number of hydrogen-bond acceptors (Lipinski definition) is 2. The molecule has 0 bridgehead atoms. The summed E-state index contributed by atoms with van der Waals surface area (Å²) in [6, 6.07) is 9.55. The van der Waals surface area contributed by atoms with Crippen molar-refractivity contribution in [3.63, 3.8) is 0 Å². The van der Waals surface area contributed by atoms with E-state index in [1.807, 2.05) is 48.6 Å². The van der Waals surface area contributed by atoms with Gasteiger partial charge in [-0.05, 0) is 16.7 Å². The van der Waals surface area contributed by atoms with E-state index >= 15 is 0 Å². The minimum absolute atomic E-state index is 0.301. The minimum atomic E-state index is -0.301. The zero-order valence-corrected chi connectivity index (χ0v) is 8.76. The first-order valence-corrected chi connectivity index (χ1v) is 5.02. The van der Waals surface area contributed by atoms with Crippen molar-refractivity contribution in [2.45, 2.75) is 6.04 Å². The van der Waals surface area contributed by atoms with Crippen molar-refractivity contribution in [2.75, 3.05) is 0 Å². The van der Waals surface area contributed by atoms with Crippen LogP contribution in [0.25, 0.3) is 5.57 Å². The van der Waals surface area contributed by atoms with Gasteiger partial charge in [-0.2, -0.15) is 4.99 Å². The third-order valence-electron chi connectivity index (χ3n) is 2.52. The van der Waals surface area contributed by atoms with E-state index in [-0.39, 0.29) is 6.04 Å². The normalized spacial score (nSPS) is 18.9. The number of isocyanates is 1. The Morgan fingerprint density at radius 2 is 2.00 bits per heavy atom. The maximum Gasteiger partial charge on any atom is 0.235 e. The molecule has 0 radical (unpaired) electrons. The molecule has 0 aromatic heterocycles. The summed E-state index contributed by atoms with van der Waals surface area (Å²) in [7, 11) is 0. The van der Waals surface area contributed by atoms with Gasteiger partial charge in [0.25, 0.3) is 0 Å². The summed E-state index contributed by atoms with van der Waals surface area (Å²) in [6.07, 6.45) is 7.34. The number of rotatable bonds is 2. The molecule has 1 aromatic rings. The van der Waals surface area contributed by atoms with Gasteiger partial charge in [0.05, 0.1) is 0 Å². The fourth-order valence-electron chi connectivity index (χ4n) is 1.75. The smallest absolute Gasteiger partial charge is 0.211 e. The molecule has 2 rings (SSSR count). The molecule has 16 heavy (non-hydrogen) atoms. The van der Waals surface area contributed by atoms with E-state index in [0.717, 1.165) is 16.7 Å². The number of nitrogens with zero attached hydrogens (tertiary/aromatic N) is 1. The van der Waals surface area contributed by atoms with Crippen molar-refractivity contribution in [3.8, 4) is 0 Å². The van der Waals surface area contributed by atoms with E-state index in [1.54, 1.807) is 6.08 Å². The van der Waals surface area contributed by atoms with Gasteiger partial charge < -0.3 is 0 Å². The second-order valence-corrected chi connectivity index (χ2v) is 3.54. The molecule has 1 unspecified atom stereocenters. The predicted molar refractivity (Wildman–Crippen MR) is 64.6 cm³/mol. The Balaban J connectivity index is 2.46. The van der Waals surface area contributed by atoms with Crippen LogP contribution in [0.3, 0.4) is 0 Å². The number of allylic oxidation sites excluding steroid dienone is 2. The molecule has 0 amide bonds. The van der Waals surface area contributed by atoms with Crippen LogP contribution in [0.1, 0.15) is 5.56 Å². The van der Waals surface area contributed by atoms with Crippen LogP contribution in [0.2, 0.25) is 0 Å². The molecule has 2 nitrogen and oxygen atoms in total. The summed E-state index contributed by atoms with van der Waals surface area (Å²) in [5, 5.41) is 0. The first-order chi connectivity index (χ1) is 7.83. The highest BCUT2D eigenvalue weighted by atomic mass is 16.1. The number of hydrogen-bond donors (Lipinski definition) is 0. The number of benzene rings is 1. The molecule has 1 aliphatic carbocycles. The lowest BCUT2D eigenvalue weighted by Gasteiger charge is -2.18. The molecule has 0 spiro atoms. The summed E-state index contributed by atoms with van der Waals surface area (Å²) in [6.45, 7) is 3.89. The van der Waals surface area contributed by atoms with Crippen molar-refractivity contribution in [2.24, 2.45) is 4.99 Å². The first-order valence-electron chi connectivity index (χ1n) is 5.02. The molecule has 1 atom stereocenters. The van der Waals surface area contributed by atoms with Crippen molar-refractivity contribution < 1.29 is 4.79 Å². The highest BCUT2D eigenvalue weighted by Gasteiger charge is 2.18. The Labute approximate surface area is 94.3 Å². The van der Waals surface area contributed by atoms with Gasteiger partial charge in [-0.15, -0.1) is 0 Å². The van der Waals surface area contributed by atoms with Crippen LogP contribution in [0.5, 0.6) is 0 Å². The third kappa shape index (κ3) is 1.92. The number of carbonyl (C=O) groups excluding carboxylic acids is 1. The van der Waals surface area contributed by atoms with Crippen LogP contribution in [0.4, 0.5) is 0 Å².